The Labute approximate surface area is 120 Å². The Morgan fingerprint density at radius 3 is 2.85 bits per heavy atom. The molecule has 0 radical (unpaired) electrons. The molecule has 0 saturated heterocycles. The van der Waals surface area contributed by atoms with E-state index >= 15 is 0 Å². The van der Waals surface area contributed by atoms with Crippen molar-refractivity contribution in [2.45, 2.75) is 45.1 Å². The monoisotopic (exact) mass is 278 g/mol. The molecule has 2 unspecified atom stereocenters. The minimum Gasteiger partial charge on any atom is -0.322 e. The van der Waals surface area contributed by atoms with Crippen LogP contribution in [-0.4, -0.2) is 18.5 Å². The summed E-state index contributed by atoms with van der Waals surface area (Å²) in [5, 5.41) is 5.88. The maximum absolute atomic E-state index is 13.4. The van der Waals surface area contributed by atoms with Crippen LogP contribution in [0.3, 0.4) is 0 Å². The van der Waals surface area contributed by atoms with Gasteiger partial charge >= 0.3 is 0 Å². The molecule has 0 aliphatic heterocycles. The van der Waals surface area contributed by atoms with Crippen LogP contribution in [0.4, 0.5) is 10.1 Å². The summed E-state index contributed by atoms with van der Waals surface area (Å²) < 4.78 is 13.4. The fourth-order valence-electron chi connectivity index (χ4n) is 2.69. The molecule has 1 aliphatic rings. The third-order valence-electron chi connectivity index (χ3n) is 3.96. The van der Waals surface area contributed by atoms with Gasteiger partial charge < -0.3 is 10.6 Å². The number of amides is 1. The molecule has 0 spiro atoms. The normalized spacial score (nSPS) is 23.1. The van der Waals surface area contributed by atoms with E-state index in [4.69, 9.17) is 0 Å². The molecular formula is C16H23FN2O. The van der Waals surface area contributed by atoms with E-state index in [9.17, 15) is 9.18 Å². The Bertz CT molecular complexity index is 450. The van der Waals surface area contributed by atoms with Crippen LogP contribution in [0.15, 0.2) is 24.3 Å². The summed E-state index contributed by atoms with van der Waals surface area (Å²) in [5.74, 6) is 0.200. The number of halogens is 1. The van der Waals surface area contributed by atoms with E-state index in [1.54, 1.807) is 18.2 Å². The number of carbonyl (C=O) groups excluding carboxylic acids is 1. The third-order valence-corrected chi connectivity index (χ3v) is 3.96. The summed E-state index contributed by atoms with van der Waals surface area (Å²) in [6.45, 7) is 2.53. The van der Waals surface area contributed by atoms with Crippen LogP contribution in [0.25, 0.3) is 0 Å². The molecular weight excluding hydrogens is 255 g/mol. The van der Waals surface area contributed by atoms with Crippen molar-refractivity contribution in [1.29, 1.82) is 0 Å². The van der Waals surface area contributed by atoms with Gasteiger partial charge in [-0.3, -0.25) is 4.79 Å². The Hall–Kier alpha value is -1.42. The second kappa shape index (κ2) is 7.39. The SMILES string of the molecule is CC1CCCC(NCC(=O)Nc2ccccc2F)CC1. The average Bonchev–Trinajstić information content (AvgIpc) is 2.64. The van der Waals surface area contributed by atoms with Gasteiger partial charge in [-0.25, -0.2) is 4.39 Å². The minimum absolute atomic E-state index is 0.188. The zero-order chi connectivity index (χ0) is 14.4. The second-order valence-electron chi connectivity index (χ2n) is 5.72. The number of rotatable bonds is 4. The van der Waals surface area contributed by atoms with Crippen molar-refractivity contribution in [2.75, 3.05) is 11.9 Å². The Kier molecular flexibility index (Phi) is 5.53. The Morgan fingerprint density at radius 1 is 1.25 bits per heavy atom. The standard InChI is InChI=1S/C16H23FN2O/c1-12-5-4-6-13(10-9-12)18-11-16(20)19-15-8-3-2-7-14(15)17/h2-3,7-8,12-13,18H,4-6,9-11H2,1H3,(H,19,20). The first-order chi connectivity index (χ1) is 9.65. The largest absolute Gasteiger partial charge is 0.322 e. The quantitative estimate of drug-likeness (QED) is 0.830. The molecule has 4 heteroatoms. The minimum atomic E-state index is -0.399. The highest BCUT2D eigenvalue weighted by Gasteiger charge is 2.16. The van der Waals surface area contributed by atoms with Crippen LogP contribution < -0.4 is 10.6 Å². The van der Waals surface area contributed by atoms with Gasteiger partial charge in [0.05, 0.1) is 12.2 Å². The fraction of sp³-hybridized carbons (Fsp3) is 0.562. The van der Waals surface area contributed by atoms with Crippen LogP contribution in [-0.2, 0) is 4.79 Å². The first kappa shape index (κ1) is 15.0. The van der Waals surface area contributed by atoms with Gasteiger partial charge in [0, 0.05) is 6.04 Å². The number of benzene rings is 1. The van der Waals surface area contributed by atoms with Crippen LogP contribution in [0.5, 0.6) is 0 Å². The Morgan fingerprint density at radius 2 is 2.05 bits per heavy atom. The first-order valence-corrected chi connectivity index (χ1v) is 7.43. The smallest absolute Gasteiger partial charge is 0.238 e. The molecule has 1 saturated carbocycles. The summed E-state index contributed by atoms with van der Waals surface area (Å²) in [7, 11) is 0. The molecule has 1 aliphatic carbocycles. The van der Waals surface area contributed by atoms with Gasteiger partial charge in [0.15, 0.2) is 0 Å². The van der Waals surface area contributed by atoms with Crippen molar-refractivity contribution in [1.82, 2.24) is 5.32 Å². The highest BCUT2D eigenvalue weighted by atomic mass is 19.1. The summed E-state index contributed by atoms with van der Waals surface area (Å²) in [4.78, 5) is 11.8. The van der Waals surface area contributed by atoms with E-state index in [-0.39, 0.29) is 18.1 Å². The van der Waals surface area contributed by atoms with E-state index in [2.05, 4.69) is 17.6 Å². The van der Waals surface area contributed by atoms with Gasteiger partial charge in [0.2, 0.25) is 5.91 Å². The first-order valence-electron chi connectivity index (χ1n) is 7.43. The average molecular weight is 278 g/mol. The number of nitrogens with one attached hydrogen (secondary N) is 2. The molecule has 0 bridgehead atoms. The van der Waals surface area contributed by atoms with Crippen LogP contribution >= 0.6 is 0 Å². The molecule has 110 valence electrons. The lowest BCUT2D eigenvalue weighted by Crippen LogP contribution is -2.36. The van der Waals surface area contributed by atoms with Gasteiger partial charge in [-0.2, -0.15) is 0 Å². The Balaban J connectivity index is 1.76. The lowest BCUT2D eigenvalue weighted by Gasteiger charge is -2.16. The van der Waals surface area contributed by atoms with E-state index in [0.717, 1.165) is 18.8 Å². The van der Waals surface area contributed by atoms with E-state index < -0.39 is 5.82 Å². The number of para-hydroxylation sites is 1. The van der Waals surface area contributed by atoms with Crippen LogP contribution in [0, 0.1) is 11.7 Å². The van der Waals surface area contributed by atoms with Crippen LogP contribution in [0.1, 0.15) is 39.0 Å². The maximum atomic E-state index is 13.4. The third kappa shape index (κ3) is 4.60. The molecule has 1 aromatic rings. The second-order valence-corrected chi connectivity index (χ2v) is 5.72. The number of hydrogen-bond donors (Lipinski definition) is 2. The molecule has 20 heavy (non-hydrogen) atoms. The van der Waals surface area contributed by atoms with E-state index in [1.807, 2.05) is 0 Å². The van der Waals surface area contributed by atoms with E-state index in [1.165, 1.54) is 25.3 Å². The topological polar surface area (TPSA) is 41.1 Å². The molecule has 1 amide bonds. The van der Waals surface area contributed by atoms with Crippen molar-refractivity contribution in [2.24, 2.45) is 5.92 Å². The molecule has 0 heterocycles. The highest BCUT2D eigenvalue weighted by molar-refractivity contribution is 5.92. The van der Waals surface area contributed by atoms with Gasteiger partial charge in [-0.1, -0.05) is 31.9 Å². The van der Waals surface area contributed by atoms with Crippen molar-refractivity contribution < 1.29 is 9.18 Å². The van der Waals surface area contributed by atoms with Gasteiger partial charge in [-0.15, -0.1) is 0 Å². The van der Waals surface area contributed by atoms with Crippen LogP contribution in [0.2, 0.25) is 0 Å². The number of carbonyl (C=O) groups is 1. The van der Waals surface area contributed by atoms with Gasteiger partial charge in [0.25, 0.3) is 0 Å². The molecule has 2 rings (SSSR count). The summed E-state index contributed by atoms with van der Waals surface area (Å²) in [5.41, 5.74) is 0.244. The zero-order valence-electron chi connectivity index (χ0n) is 12.0. The molecule has 1 aromatic carbocycles. The fourth-order valence-corrected chi connectivity index (χ4v) is 2.69. The summed E-state index contributed by atoms with van der Waals surface area (Å²) in [6, 6.07) is 6.64. The predicted molar refractivity (Wildman–Crippen MR) is 79.1 cm³/mol. The van der Waals surface area contributed by atoms with Crippen molar-refractivity contribution in [3.63, 3.8) is 0 Å². The van der Waals surface area contributed by atoms with Crippen molar-refractivity contribution in [3.8, 4) is 0 Å². The maximum Gasteiger partial charge on any atom is 0.238 e. The number of hydrogen-bond acceptors (Lipinski definition) is 2. The molecule has 0 aromatic heterocycles. The summed E-state index contributed by atoms with van der Waals surface area (Å²) in [6.07, 6.45) is 5.95. The van der Waals surface area contributed by atoms with Crippen molar-refractivity contribution >= 4 is 11.6 Å². The molecule has 2 N–H and O–H groups in total. The lowest BCUT2D eigenvalue weighted by atomic mass is 10.0. The van der Waals surface area contributed by atoms with Crippen molar-refractivity contribution in [3.05, 3.63) is 30.1 Å². The number of anilines is 1. The highest BCUT2D eigenvalue weighted by Crippen LogP contribution is 2.22. The molecule has 2 atom stereocenters. The molecule has 3 nitrogen and oxygen atoms in total. The van der Waals surface area contributed by atoms with Gasteiger partial charge in [-0.05, 0) is 37.3 Å². The predicted octanol–water partition coefficient (Wildman–Crippen LogP) is 3.32. The van der Waals surface area contributed by atoms with E-state index in [0.29, 0.717) is 6.04 Å². The molecule has 1 fully saturated rings. The lowest BCUT2D eigenvalue weighted by molar-refractivity contribution is -0.115. The van der Waals surface area contributed by atoms with Gasteiger partial charge in [0.1, 0.15) is 5.82 Å². The summed E-state index contributed by atoms with van der Waals surface area (Å²) >= 11 is 0. The zero-order valence-corrected chi connectivity index (χ0v) is 12.0.